The third-order valence-corrected chi connectivity index (χ3v) is 9.89. The van der Waals surface area contributed by atoms with Gasteiger partial charge in [0.2, 0.25) is 11.8 Å². The van der Waals surface area contributed by atoms with Crippen molar-refractivity contribution in [1.29, 1.82) is 0 Å². The van der Waals surface area contributed by atoms with Crippen LogP contribution in [0.4, 0.5) is 11.4 Å². The number of aromatic nitrogens is 1. The number of rotatable bonds is 6. The fourth-order valence-corrected chi connectivity index (χ4v) is 7.84. The first-order valence-corrected chi connectivity index (χ1v) is 14.7. The molecular weight excluding hydrogens is 618 g/mol. The molecule has 0 bridgehead atoms. The number of benzene rings is 3. The molecule has 0 aliphatic carbocycles. The number of thiazole rings is 1. The molecule has 6 rings (SSSR count). The van der Waals surface area contributed by atoms with E-state index in [0.717, 1.165) is 38.7 Å². The van der Waals surface area contributed by atoms with E-state index in [9.17, 15) is 24.5 Å². The minimum Gasteiger partial charge on any atom is -0.489 e. The van der Waals surface area contributed by atoms with Gasteiger partial charge in [-0.3, -0.25) is 24.5 Å². The summed E-state index contributed by atoms with van der Waals surface area (Å²) in [6, 6.07) is 18.9. The Kier molecular flexibility index (Phi) is 6.85. The number of anilines is 1. The molecule has 202 valence electrons. The van der Waals surface area contributed by atoms with Crippen molar-refractivity contribution in [2.24, 2.45) is 5.92 Å². The summed E-state index contributed by atoms with van der Waals surface area (Å²) in [5.41, 5.74) is 2.62. The highest BCUT2D eigenvalue weighted by molar-refractivity contribution is 9.10. The molecule has 3 heterocycles. The van der Waals surface area contributed by atoms with E-state index < -0.39 is 33.8 Å². The van der Waals surface area contributed by atoms with Crippen LogP contribution in [0.2, 0.25) is 0 Å². The lowest BCUT2D eigenvalue weighted by molar-refractivity contribution is -0.385. The lowest BCUT2D eigenvalue weighted by atomic mass is 9.82. The lowest BCUT2D eigenvalue weighted by Crippen LogP contribution is -2.32. The number of carbonyl (C=O) groups excluding carboxylic acids is 2. The van der Waals surface area contributed by atoms with Gasteiger partial charge in [-0.05, 0) is 42.8 Å². The summed E-state index contributed by atoms with van der Waals surface area (Å²) in [4.78, 5) is 55.6. The minimum absolute atomic E-state index is 0.182. The van der Waals surface area contributed by atoms with E-state index in [0.29, 0.717) is 26.9 Å². The van der Waals surface area contributed by atoms with Gasteiger partial charge in [0.25, 0.3) is 5.69 Å². The van der Waals surface area contributed by atoms with Gasteiger partial charge < -0.3 is 9.72 Å². The van der Waals surface area contributed by atoms with E-state index in [1.807, 2.05) is 31.2 Å². The second-order valence-corrected chi connectivity index (χ2v) is 12.6. The van der Waals surface area contributed by atoms with Crippen molar-refractivity contribution in [3.05, 3.63) is 113 Å². The van der Waals surface area contributed by atoms with Gasteiger partial charge in [-0.2, -0.15) is 0 Å². The van der Waals surface area contributed by atoms with Crippen LogP contribution in [0.15, 0.2) is 81.0 Å². The Morgan fingerprint density at radius 3 is 2.45 bits per heavy atom. The van der Waals surface area contributed by atoms with Crippen LogP contribution in [-0.2, 0) is 16.2 Å². The number of hydrogen-bond donors (Lipinski definition) is 1. The van der Waals surface area contributed by atoms with Crippen LogP contribution >= 0.6 is 39.0 Å². The third kappa shape index (κ3) is 4.65. The third-order valence-electron chi connectivity index (χ3n) is 6.96. The van der Waals surface area contributed by atoms with Crippen molar-refractivity contribution in [2.45, 2.75) is 29.7 Å². The van der Waals surface area contributed by atoms with Gasteiger partial charge in [-0.1, -0.05) is 68.9 Å². The molecule has 1 aromatic heterocycles. The molecule has 0 saturated carbocycles. The smallest absolute Gasteiger partial charge is 0.305 e. The predicted molar refractivity (Wildman–Crippen MR) is 155 cm³/mol. The monoisotopic (exact) mass is 637 g/mol. The molecule has 40 heavy (non-hydrogen) atoms. The van der Waals surface area contributed by atoms with Crippen LogP contribution in [0.1, 0.15) is 27.5 Å². The van der Waals surface area contributed by atoms with Gasteiger partial charge >= 0.3 is 4.87 Å². The number of imide groups is 1. The number of thioether (sulfide) groups is 1. The number of H-pyrrole nitrogens is 1. The largest absolute Gasteiger partial charge is 0.489 e. The topological polar surface area (TPSA) is 123 Å². The number of nitro benzene ring substituents is 1. The first kappa shape index (κ1) is 26.5. The Morgan fingerprint density at radius 1 is 1.02 bits per heavy atom. The molecule has 2 aliphatic heterocycles. The molecule has 12 heteroatoms. The standard InChI is InChI=1S/C28H20BrN3O6S2/c1-14-2-4-15(5-3-14)13-38-20-11-10-18(32(36)37)12-19(20)21-22-24(39-25-23(21)40-28(35)30-25)27(34)31(26(22)33)17-8-6-16(29)7-9-17/h2-12,21-22,24H,13H2,1H3,(H,30,35)/t21-,22-,24+/m0/s1. The fraction of sp³-hybridized carbons (Fsp3) is 0.179. The maximum Gasteiger partial charge on any atom is 0.305 e. The van der Waals surface area contributed by atoms with Crippen molar-refractivity contribution >= 4 is 62.2 Å². The van der Waals surface area contributed by atoms with Gasteiger partial charge in [0, 0.05) is 33.0 Å². The van der Waals surface area contributed by atoms with E-state index in [1.165, 1.54) is 23.1 Å². The number of carbonyl (C=O) groups is 2. The molecule has 1 saturated heterocycles. The first-order chi connectivity index (χ1) is 19.2. The van der Waals surface area contributed by atoms with E-state index >= 15 is 0 Å². The van der Waals surface area contributed by atoms with Crippen LogP contribution in [0.25, 0.3) is 0 Å². The molecule has 0 spiro atoms. The Hall–Kier alpha value is -3.74. The summed E-state index contributed by atoms with van der Waals surface area (Å²) in [7, 11) is 0. The van der Waals surface area contributed by atoms with Crippen molar-refractivity contribution in [3.8, 4) is 5.75 Å². The lowest BCUT2D eigenvalue weighted by Gasteiger charge is -2.30. The molecule has 2 amide bonds. The fourth-order valence-electron chi connectivity index (χ4n) is 5.07. The number of amides is 2. The molecule has 9 nitrogen and oxygen atoms in total. The Balaban J connectivity index is 1.47. The maximum absolute atomic E-state index is 14.0. The van der Waals surface area contributed by atoms with Gasteiger partial charge in [-0.15, -0.1) is 0 Å². The van der Waals surface area contributed by atoms with E-state index in [-0.39, 0.29) is 17.2 Å². The number of aryl methyl sites for hydroxylation is 1. The van der Waals surface area contributed by atoms with Crippen molar-refractivity contribution in [1.82, 2.24) is 4.98 Å². The van der Waals surface area contributed by atoms with Crippen LogP contribution < -0.4 is 14.5 Å². The molecule has 1 fully saturated rings. The Bertz CT molecular complexity index is 1720. The number of non-ortho nitro benzene ring substituents is 1. The Morgan fingerprint density at radius 2 is 1.75 bits per heavy atom. The quantitative estimate of drug-likeness (QED) is 0.161. The number of ether oxygens (including phenoxy) is 1. The maximum atomic E-state index is 14.0. The predicted octanol–water partition coefficient (Wildman–Crippen LogP) is 5.79. The molecule has 2 aliphatic rings. The SMILES string of the molecule is Cc1ccc(COc2ccc([N+](=O)[O-])cc2[C@@H]2c3sc(=O)[nH]c3S[C@H]3C(=O)N(c4ccc(Br)cc4)C(=O)[C@@H]23)cc1. The van der Waals surface area contributed by atoms with Crippen molar-refractivity contribution < 1.29 is 19.2 Å². The summed E-state index contributed by atoms with van der Waals surface area (Å²) < 4.78 is 6.98. The van der Waals surface area contributed by atoms with Gasteiger partial charge in [0.05, 0.1) is 21.6 Å². The van der Waals surface area contributed by atoms with Gasteiger partial charge in [0.1, 0.15) is 17.6 Å². The summed E-state index contributed by atoms with van der Waals surface area (Å²) in [5, 5.41) is 11.4. The number of nitrogens with zero attached hydrogens (tertiary/aromatic N) is 2. The summed E-state index contributed by atoms with van der Waals surface area (Å²) in [6.45, 7) is 2.17. The zero-order valence-electron chi connectivity index (χ0n) is 20.8. The normalized spacial score (nSPS) is 19.9. The van der Waals surface area contributed by atoms with E-state index in [1.54, 1.807) is 24.3 Å². The van der Waals surface area contributed by atoms with Gasteiger partial charge in [-0.25, -0.2) is 4.90 Å². The second kappa shape index (κ2) is 10.3. The van der Waals surface area contributed by atoms with Crippen LogP contribution in [0, 0.1) is 23.0 Å². The number of nitro groups is 1. The summed E-state index contributed by atoms with van der Waals surface area (Å²) >= 11 is 5.46. The molecule has 1 N–H and O–H groups in total. The first-order valence-electron chi connectivity index (χ1n) is 12.2. The molecular formula is C28H20BrN3O6S2. The van der Waals surface area contributed by atoms with Crippen LogP contribution in [0.3, 0.4) is 0 Å². The second-order valence-electron chi connectivity index (χ2n) is 9.49. The van der Waals surface area contributed by atoms with Gasteiger partial charge in [0.15, 0.2) is 0 Å². The average Bonchev–Trinajstić information content (AvgIpc) is 3.43. The summed E-state index contributed by atoms with van der Waals surface area (Å²) in [5.74, 6) is -2.20. The van der Waals surface area contributed by atoms with Crippen LogP contribution in [-0.4, -0.2) is 27.0 Å². The number of aromatic amines is 1. The summed E-state index contributed by atoms with van der Waals surface area (Å²) in [6.07, 6.45) is 0. The molecule has 0 unspecified atom stereocenters. The number of fused-ring (bicyclic) bond motifs is 2. The van der Waals surface area contributed by atoms with E-state index in [2.05, 4.69) is 20.9 Å². The van der Waals surface area contributed by atoms with E-state index in [4.69, 9.17) is 4.74 Å². The molecule has 4 aromatic rings. The average molecular weight is 639 g/mol. The molecule has 3 atom stereocenters. The van der Waals surface area contributed by atoms with Crippen LogP contribution in [0.5, 0.6) is 5.75 Å². The van der Waals surface area contributed by atoms with Crippen molar-refractivity contribution in [3.63, 3.8) is 0 Å². The zero-order chi connectivity index (χ0) is 28.1. The number of nitrogens with one attached hydrogen (secondary N) is 1. The molecule has 0 radical (unpaired) electrons. The molecule has 3 aromatic carbocycles. The van der Waals surface area contributed by atoms with Crippen molar-refractivity contribution in [2.75, 3.05) is 4.90 Å². The highest BCUT2D eigenvalue weighted by atomic mass is 79.9. The minimum atomic E-state index is -0.899. The zero-order valence-corrected chi connectivity index (χ0v) is 24.0. The number of halogens is 1. The Labute approximate surface area is 244 Å². The number of hydrogen-bond acceptors (Lipinski definition) is 8. The highest BCUT2D eigenvalue weighted by Gasteiger charge is 2.57. The highest BCUT2D eigenvalue weighted by Crippen LogP contribution is 2.55.